The Bertz CT molecular complexity index is 342. The molecule has 0 amide bonds. The van der Waals surface area contributed by atoms with Crippen molar-refractivity contribution in [1.82, 2.24) is 9.78 Å². The van der Waals surface area contributed by atoms with E-state index in [1.165, 1.54) is 17.1 Å². The van der Waals surface area contributed by atoms with E-state index in [0.29, 0.717) is 5.82 Å². The Morgan fingerprint density at radius 2 is 2.50 bits per heavy atom. The smallest absolute Gasteiger partial charge is 0.257 e. The second kappa shape index (κ2) is 3.32. The van der Waals surface area contributed by atoms with E-state index >= 15 is 0 Å². The van der Waals surface area contributed by atoms with Gasteiger partial charge in [-0.15, -0.1) is 0 Å². The molecular formula is C7H6ClN3O. The Balaban J connectivity index is 3.31. The number of carbonyl (C=O) groups excluding carboxylic acids is 1. The van der Waals surface area contributed by atoms with E-state index in [9.17, 15) is 4.79 Å². The van der Waals surface area contributed by atoms with Crippen molar-refractivity contribution in [3.05, 3.63) is 18.3 Å². The third-order valence-corrected chi connectivity index (χ3v) is 1.51. The van der Waals surface area contributed by atoms with Gasteiger partial charge in [0.25, 0.3) is 5.24 Å². The van der Waals surface area contributed by atoms with Crippen LogP contribution in [0.4, 0.5) is 5.82 Å². The highest BCUT2D eigenvalue weighted by Crippen LogP contribution is 2.19. The van der Waals surface area contributed by atoms with Gasteiger partial charge in [0.05, 0.1) is 11.8 Å². The van der Waals surface area contributed by atoms with Gasteiger partial charge in [-0.1, -0.05) is 6.58 Å². The number of halogens is 1. The summed E-state index contributed by atoms with van der Waals surface area (Å²) < 4.78 is 1.32. The van der Waals surface area contributed by atoms with Crippen molar-refractivity contribution in [3.8, 4) is 0 Å². The molecular weight excluding hydrogens is 178 g/mol. The van der Waals surface area contributed by atoms with Gasteiger partial charge in [0.1, 0.15) is 0 Å². The molecule has 1 aromatic heterocycles. The average Bonchev–Trinajstić information content (AvgIpc) is 2.46. The predicted octanol–water partition coefficient (Wildman–Crippen LogP) is 1.69. The quantitative estimate of drug-likeness (QED) is 0.529. The molecule has 0 bridgehead atoms. The van der Waals surface area contributed by atoms with Crippen LogP contribution in [0, 0.1) is 0 Å². The van der Waals surface area contributed by atoms with Gasteiger partial charge in [-0.05, 0) is 18.3 Å². The molecule has 0 N–H and O–H groups in total. The van der Waals surface area contributed by atoms with Crippen molar-refractivity contribution >= 4 is 35.6 Å². The van der Waals surface area contributed by atoms with Crippen LogP contribution in [-0.4, -0.2) is 21.7 Å². The molecule has 0 radical (unpaired) electrons. The van der Waals surface area contributed by atoms with E-state index in [2.05, 4.69) is 23.4 Å². The Morgan fingerprint density at radius 3 is 2.92 bits per heavy atom. The Labute approximate surface area is 74.2 Å². The number of carbonyl (C=O) groups is 1. The number of nitrogens with zero attached hydrogens (tertiary/aromatic N) is 3. The maximum Gasteiger partial charge on any atom is 0.257 e. The van der Waals surface area contributed by atoms with Crippen LogP contribution in [0.5, 0.6) is 0 Å². The third kappa shape index (κ3) is 1.29. The van der Waals surface area contributed by atoms with E-state index in [-0.39, 0.29) is 5.56 Å². The second-order valence-corrected chi connectivity index (χ2v) is 2.28. The van der Waals surface area contributed by atoms with Gasteiger partial charge >= 0.3 is 0 Å². The maximum atomic E-state index is 10.7. The second-order valence-electron chi connectivity index (χ2n) is 1.94. The Morgan fingerprint density at radius 1 is 1.83 bits per heavy atom. The summed E-state index contributed by atoms with van der Waals surface area (Å²) in [5.41, 5.74) is 0.228. The molecule has 0 aliphatic rings. The molecule has 5 heteroatoms. The van der Waals surface area contributed by atoms with E-state index in [1.54, 1.807) is 0 Å². The van der Waals surface area contributed by atoms with Crippen molar-refractivity contribution < 1.29 is 4.79 Å². The number of aromatic nitrogens is 2. The van der Waals surface area contributed by atoms with Crippen molar-refractivity contribution in [2.45, 2.75) is 0 Å². The lowest BCUT2D eigenvalue weighted by Crippen LogP contribution is -1.89. The van der Waals surface area contributed by atoms with Crippen molar-refractivity contribution in [2.75, 3.05) is 0 Å². The van der Waals surface area contributed by atoms with Crippen molar-refractivity contribution in [3.63, 3.8) is 0 Å². The first-order chi connectivity index (χ1) is 5.70. The fourth-order valence-corrected chi connectivity index (χ4v) is 0.919. The fraction of sp³-hybridized carbons (Fsp3) is 0. The summed E-state index contributed by atoms with van der Waals surface area (Å²) in [6.07, 6.45) is 2.73. The first kappa shape index (κ1) is 8.67. The zero-order chi connectivity index (χ0) is 9.14. The minimum Gasteiger partial charge on any atom is -0.275 e. The highest BCUT2D eigenvalue weighted by molar-refractivity contribution is 6.68. The Hall–Kier alpha value is -1.42. The molecule has 0 unspecified atom stereocenters. The molecule has 1 heterocycles. The zero-order valence-corrected chi connectivity index (χ0v) is 6.95. The van der Waals surface area contributed by atoms with E-state index < -0.39 is 5.24 Å². The topological polar surface area (TPSA) is 47.2 Å². The lowest BCUT2D eigenvalue weighted by Gasteiger charge is -1.94. The zero-order valence-electron chi connectivity index (χ0n) is 6.20. The van der Waals surface area contributed by atoms with E-state index in [1.807, 2.05) is 0 Å². The lowest BCUT2D eigenvalue weighted by molar-refractivity contribution is 0.108. The van der Waals surface area contributed by atoms with Crippen molar-refractivity contribution in [2.24, 2.45) is 4.99 Å². The monoisotopic (exact) mass is 183 g/mol. The van der Waals surface area contributed by atoms with Gasteiger partial charge in [0.15, 0.2) is 5.82 Å². The molecule has 0 fully saturated rings. The summed E-state index contributed by atoms with van der Waals surface area (Å²) in [5, 5.41) is 3.18. The van der Waals surface area contributed by atoms with Gasteiger partial charge in [-0.25, -0.2) is 9.67 Å². The van der Waals surface area contributed by atoms with Crippen LogP contribution in [0.3, 0.4) is 0 Å². The van der Waals surface area contributed by atoms with Gasteiger partial charge < -0.3 is 0 Å². The van der Waals surface area contributed by atoms with Gasteiger partial charge in [0, 0.05) is 6.20 Å². The normalized spacial score (nSPS) is 9.42. The molecule has 0 atom stereocenters. The largest absolute Gasteiger partial charge is 0.275 e. The van der Waals surface area contributed by atoms with Crippen LogP contribution in [-0.2, 0) is 0 Å². The standard InChI is InChI=1S/C7H6ClN3O/c1-3-11-7(9-2)5(4-10-11)6(8)12/h3-4H,1-2H2. The summed E-state index contributed by atoms with van der Waals surface area (Å²) >= 11 is 5.24. The molecule has 4 nitrogen and oxygen atoms in total. The highest BCUT2D eigenvalue weighted by atomic mass is 35.5. The molecule has 0 aliphatic heterocycles. The third-order valence-electron chi connectivity index (χ3n) is 1.30. The van der Waals surface area contributed by atoms with Gasteiger partial charge in [-0.2, -0.15) is 5.10 Å². The minimum atomic E-state index is -0.606. The fourth-order valence-electron chi connectivity index (χ4n) is 0.786. The first-order valence-electron chi connectivity index (χ1n) is 3.07. The summed E-state index contributed by atoms with van der Waals surface area (Å²) in [6.45, 7) is 6.76. The summed E-state index contributed by atoms with van der Waals surface area (Å²) in [7, 11) is 0. The number of aliphatic imine (C=N–C) groups is 1. The van der Waals surface area contributed by atoms with Crippen LogP contribution < -0.4 is 0 Å². The molecule has 0 saturated heterocycles. The number of hydrogen-bond acceptors (Lipinski definition) is 3. The molecule has 62 valence electrons. The molecule has 0 spiro atoms. The minimum absolute atomic E-state index is 0.228. The first-order valence-corrected chi connectivity index (χ1v) is 3.45. The van der Waals surface area contributed by atoms with Crippen LogP contribution in [0.2, 0.25) is 0 Å². The van der Waals surface area contributed by atoms with Crippen molar-refractivity contribution in [1.29, 1.82) is 0 Å². The van der Waals surface area contributed by atoms with E-state index in [0.717, 1.165) is 0 Å². The van der Waals surface area contributed by atoms with Gasteiger partial charge in [-0.3, -0.25) is 4.79 Å². The van der Waals surface area contributed by atoms with E-state index in [4.69, 9.17) is 11.6 Å². The predicted molar refractivity (Wildman–Crippen MR) is 48.0 cm³/mol. The molecule has 0 aromatic carbocycles. The highest BCUT2D eigenvalue weighted by Gasteiger charge is 2.12. The van der Waals surface area contributed by atoms with Crippen LogP contribution in [0.25, 0.3) is 6.20 Å². The average molecular weight is 184 g/mol. The lowest BCUT2D eigenvalue weighted by atomic mass is 10.4. The molecule has 1 aromatic rings. The molecule has 12 heavy (non-hydrogen) atoms. The molecule has 1 rings (SSSR count). The SMILES string of the molecule is C=Cn1ncc(C(=O)Cl)c1N=C. The maximum absolute atomic E-state index is 10.7. The number of rotatable bonds is 3. The summed E-state index contributed by atoms with van der Waals surface area (Å²) in [5.74, 6) is 0.310. The summed E-state index contributed by atoms with van der Waals surface area (Å²) in [4.78, 5) is 14.3. The van der Waals surface area contributed by atoms with Crippen LogP contribution in [0.1, 0.15) is 10.4 Å². The molecule has 0 aliphatic carbocycles. The summed E-state index contributed by atoms with van der Waals surface area (Å²) in [6, 6.07) is 0. The van der Waals surface area contributed by atoms with Crippen LogP contribution in [0.15, 0.2) is 17.8 Å². The van der Waals surface area contributed by atoms with Gasteiger partial charge in [0.2, 0.25) is 0 Å². The van der Waals surface area contributed by atoms with Crippen LogP contribution >= 0.6 is 11.6 Å². The Kier molecular flexibility index (Phi) is 2.40. The molecule has 0 saturated carbocycles. The number of hydrogen-bond donors (Lipinski definition) is 0.